The third kappa shape index (κ3) is 3.14. The minimum absolute atomic E-state index is 0.0696. The third-order valence-electron chi connectivity index (χ3n) is 3.37. The molecule has 0 bridgehead atoms. The topological polar surface area (TPSA) is 55.6 Å². The molecule has 19 heavy (non-hydrogen) atoms. The van der Waals surface area contributed by atoms with Crippen LogP contribution in [-0.2, 0) is 4.74 Å². The fraction of sp³-hybridized carbons (Fsp3) is 0.462. The number of amides is 1. The predicted molar refractivity (Wildman–Crippen MR) is 76.8 cm³/mol. The van der Waals surface area contributed by atoms with Crippen molar-refractivity contribution in [3.63, 3.8) is 0 Å². The number of nitrogen functional groups attached to an aromatic ring is 1. The summed E-state index contributed by atoms with van der Waals surface area (Å²) < 4.78 is 5.28. The number of nitrogens with zero attached hydrogens (tertiary/aromatic N) is 1. The van der Waals surface area contributed by atoms with E-state index in [1.807, 2.05) is 0 Å². The molecule has 6 heteroatoms. The van der Waals surface area contributed by atoms with Gasteiger partial charge in [-0.05, 0) is 25.0 Å². The summed E-state index contributed by atoms with van der Waals surface area (Å²) in [6.07, 6.45) is 1.93. The molecule has 0 radical (unpaired) electrons. The molecule has 0 aliphatic carbocycles. The summed E-state index contributed by atoms with van der Waals surface area (Å²) in [7, 11) is 1.70. The molecule has 0 unspecified atom stereocenters. The van der Waals surface area contributed by atoms with Gasteiger partial charge in [-0.3, -0.25) is 4.79 Å². The standard InChI is InChI=1S/C13H16Cl2N2O2/c1-19-9-2-4-17(5-3-9)13(18)8-6-10(14)12(15)11(16)7-8/h6-7,9H,2-5,16H2,1H3. The average Bonchev–Trinajstić information content (AvgIpc) is 2.43. The molecule has 1 aliphatic heterocycles. The molecule has 0 aromatic heterocycles. The van der Waals surface area contributed by atoms with Crippen LogP contribution < -0.4 is 5.73 Å². The number of ether oxygens (including phenoxy) is 1. The van der Waals surface area contributed by atoms with Crippen LogP contribution in [-0.4, -0.2) is 37.1 Å². The second-order valence-electron chi connectivity index (χ2n) is 4.59. The molecule has 4 nitrogen and oxygen atoms in total. The molecule has 0 saturated carbocycles. The Morgan fingerprint density at radius 2 is 2.00 bits per heavy atom. The minimum Gasteiger partial charge on any atom is -0.397 e. The van der Waals surface area contributed by atoms with Crippen molar-refractivity contribution in [3.05, 3.63) is 27.7 Å². The van der Waals surface area contributed by atoms with E-state index in [-0.39, 0.29) is 17.0 Å². The number of hydrogen-bond acceptors (Lipinski definition) is 3. The van der Waals surface area contributed by atoms with Crippen LogP contribution >= 0.6 is 23.2 Å². The Kier molecular flexibility index (Phi) is 4.55. The van der Waals surface area contributed by atoms with Gasteiger partial charge >= 0.3 is 0 Å². The lowest BCUT2D eigenvalue weighted by atomic mass is 10.1. The van der Waals surface area contributed by atoms with Crippen LogP contribution in [0.25, 0.3) is 0 Å². The zero-order valence-corrected chi connectivity index (χ0v) is 12.2. The summed E-state index contributed by atoms with van der Waals surface area (Å²) in [6.45, 7) is 1.36. The molecular weight excluding hydrogens is 287 g/mol. The molecule has 104 valence electrons. The lowest BCUT2D eigenvalue weighted by Crippen LogP contribution is -2.40. The van der Waals surface area contributed by atoms with Crippen molar-refractivity contribution in [1.29, 1.82) is 0 Å². The van der Waals surface area contributed by atoms with E-state index in [4.69, 9.17) is 33.7 Å². The SMILES string of the molecule is COC1CCN(C(=O)c2cc(N)c(Cl)c(Cl)c2)CC1. The summed E-state index contributed by atoms with van der Waals surface area (Å²) in [5, 5.41) is 0.591. The van der Waals surface area contributed by atoms with Crippen molar-refractivity contribution in [3.8, 4) is 0 Å². The zero-order chi connectivity index (χ0) is 14.0. The number of rotatable bonds is 2. The lowest BCUT2D eigenvalue weighted by Gasteiger charge is -2.31. The number of carbonyl (C=O) groups excluding carboxylic acids is 1. The van der Waals surface area contributed by atoms with Crippen molar-refractivity contribution in [2.45, 2.75) is 18.9 Å². The minimum atomic E-state index is -0.0696. The molecule has 1 fully saturated rings. The van der Waals surface area contributed by atoms with Gasteiger partial charge in [-0.15, -0.1) is 0 Å². The molecule has 1 heterocycles. The summed E-state index contributed by atoms with van der Waals surface area (Å²) >= 11 is 11.8. The van der Waals surface area contributed by atoms with Crippen LogP contribution in [0.4, 0.5) is 5.69 Å². The number of carbonyl (C=O) groups is 1. The fourth-order valence-electron chi connectivity index (χ4n) is 2.21. The first kappa shape index (κ1) is 14.4. The van der Waals surface area contributed by atoms with Gasteiger partial charge in [-0.25, -0.2) is 0 Å². The number of hydrogen-bond donors (Lipinski definition) is 1. The number of nitrogens with two attached hydrogens (primary N) is 1. The predicted octanol–water partition coefficient (Wildman–Crippen LogP) is 2.83. The van der Waals surface area contributed by atoms with Crippen LogP contribution in [0.5, 0.6) is 0 Å². The van der Waals surface area contributed by atoms with Gasteiger partial charge in [-0.1, -0.05) is 23.2 Å². The monoisotopic (exact) mass is 302 g/mol. The van der Waals surface area contributed by atoms with Gasteiger partial charge in [0.25, 0.3) is 5.91 Å². The number of likely N-dealkylation sites (tertiary alicyclic amines) is 1. The van der Waals surface area contributed by atoms with Gasteiger partial charge in [0, 0.05) is 25.8 Å². The van der Waals surface area contributed by atoms with Gasteiger partial charge in [0.15, 0.2) is 0 Å². The Labute approximate surface area is 122 Å². The Balaban J connectivity index is 2.12. The van der Waals surface area contributed by atoms with Crippen LogP contribution in [0.1, 0.15) is 23.2 Å². The summed E-state index contributed by atoms with van der Waals surface area (Å²) in [4.78, 5) is 14.1. The van der Waals surface area contributed by atoms with E-state index in [9.17, 15) is 4.79 Å². The number of anilines is 1. The third-order valence-corrected chi connectivity index (χ3v) is 4.18. The first-order valence-corrected chi connectivity index (χ1v) is 6.85. The largest absolute Gasteiger partial charge is 0.397 e. The second kappa shape index (κ2) is 5.99. The molecule has 1 aromatic rings. The van der Waals surface area contributed by atoms with Crippen LogP contribution in [0.3, 0.4) is 0 Å². The van der Waals surface area contributed by atoms with Crippen LogP contribution in [0, 0.1) is 0 Å². The number of halogens is 2. The maximum atomic E-state index is 12.3. The highest BCUT2D eigenvalue weighted by molar-refractivity contribution is 6.43. The Bertz CT molecular complexity index is 463. The van der Waals surface area contributed by atoms with Crippen LogP contribution in [0.15, 0.2) is 12.1 Å². The summed E-state index contributed by atoms with van der Waals surface area (Å²) in [5.74, 6) is -0.0696. The summed E-state index contributed by atoms with van der Waals surface area (Å²) in [6, 6.07) is 3.13. The van der Waals surface area contributed by atoms with Crippen molar-refractivity contribution >= 4 is 34.8 Å². The van der Waals surface area contributed by atoms with Gasteiger partial charge < -0.3 is 15.4 Å². The molecule has 0 spiro atoms. The molecule has 1 aliphatic rings. The van der Waals surface area contributed by atoms with Crippen LogP contribution in [0.2, 0.25) is 10.0 Å². The van der Waals surface area contributed by atoms with E-state index in [1.165, 1.54) is 0 Å². The lowest BCUT2D eigenvalue weighted by molar-refractivity contribution is 0.0351. The Hall–Kier alpha value is -0.970. The van der Waals surface area contributed by atoms with Gasteiger partial charge in [0.1, 0.15) is 0 Å². The number of benzene rings is 1. The average molecular weight is 303 g/mol. The van der Waals surface area contributed by atoms with Crippen molar-refractivity contribution < 1.29 is 9.53 Å². The van der Waals surface area contributed by atoms with E-state index in [1.54, 1.807) is 24.1 Å². The van der Waals surface area contributed by atoms with E-state index in [2.05, 4.69) is 0 Å². The second-order valence-corrected chi connectivity index (χ2v) is 5.37. The van der Waals surface area contributed by atoms with E-state index in [0.29, 0.717) is 29.4 Å². The molecule has 1 aromatic carbocycles. The highest BCUT2D eigenvalue weighted by Crippen LogP contribution is 2.30. The highest BCUT2D eigenvalue weighted by atomic mass is 35.5. The highest BCUT2D eigenvalue weighted by Gasteiger charge is 2.24. The van der Waals surface area contributed by atoms with E-state index >= 15 is 0 Å². The molecule has 0 atom stereocenters. The first-order valence-electron chi connectivity index (χ1n) is 6.09. The first-order chi connectivity index (χ1) is 9.02. The van der Waals surface area contributed by atoms with Gasteiger partial charge in [-0.2, -0.15) is 0 Å². The fourth-order valence-corrected chi connectivity index (χ4v) is 2.55. The van der Waals surface area contributed by atoms with Gasteiger partial charge in [0.05, 0.1) is 21.8 Å². The number of piperidine rings is 1. The van der Waals surface area contributed by atoms with Crippen molar-refractivity contribution in [2.75, 3.05) is 25.9 Å². The quantitative estimate of drug-likeness (QED) is 0.855. The van der Waals surface area contributed by atoms with Crippen molar-refractivity contribution in [1.82, 2.24) is 4.90 Å². The summed E-state index contributed by atoms with van der Waals surface area (Å²) in [5.41, 5.74) is 6.52. The van der Waals surface area contributed by atoms with E-state index < -0.39 is 0 Å². The van der Waals surface area contributed by atoms with E-state index in [0.717, 1.165) is 12.8 Å². The molecular formula is C13H16Cl2N2O2. The van der Waals surface area contributed by atoms with Crippen molar-refractivity contribution in [2.24, 2.45) is 0 Å². The molecule has 1 saturated heterocycles. The maximum Gasteiger partial charge on any atom is 0.253 e. The Morgan fingerprint density at radius 3 is 2.53 bits per heavy atom. The molecule has 2 N–H and O–H groups in total. The molecule has 1 amide bonds. The van der Waals surface area contributed by atoms with Gasteiger partial charge in [0.2, 0.25) is 0 Å². The molecule has 2 rings (SSSR count). The Morgan fingerprint density at radius 1 is 1.37 bits per heavy atom. The number of methoxy groups -OCH3 is 1. The smallest absolute Gasteiger partial charge is 0.253 e. The zero-order valence-electron chi connectivity index (χ0n) is 10.7. The maximum absolute atomic E-state index is 12.3. The normalized spacial score (nSPS) is 16.7.